The Hall–Kier alpha value is -2.95. The molecular weight excluding hydrogens is 492 g/mol. The van der Waals surface area contributed by atoms with Crippen LogP contribution in [0.15, 0.2) is 58.2 Å². The fraction of sp³-hybridized carbons (Fsp3) is 0.250. The van der Waals surface area contributed by atoms with Gasteiger partial charge in [-0.15, -0.1) is 11.3 Å². The second-order valence-electron chi connectivity index (χ2n) is 8.08. The lowest BCUT2D eigenvalue weighted by atomic mass is 9.95. The van der Waals surface area contributed by atoms with Crippen LogP contribution in [0.1, 0.15) is 39.2 Å². The van der Waals surface area contributed by atoms with Gasteiger partial charge in [0, 0.05) is 4.88 Å². The van der Waals surface area contributed by atoms with Crippen molar-refractivity contribution in [2.45, 2.75) is 37.1 Å². The summed E-state index contributed by atoms with van der Waals surface area (Å²) in [5.74, 6) is -0.538. The zero-order chi connectivity index (χ0) is 23.9. The molecule has 0 saturated heterocycles. The molecule has 176 valence electrons. The number of thiophene rings is 1. The zero-order valence-corrected chi connectivity index (χ0v) is 20.8. The Morgan fingerprint density at radius 3 is 2.62 bits per heavy atom. The van der Waals surface area contributed by atoms with E-state index >= 15 is 0 Å². The molecule has 34 heavy (non-hydrogen) atoms. The Morgan fingerprint density at radius 1 is 1.09 bits per heavy atom. The number of aryl methyl sites for hydroxylation is 1. The van der Waals surface area contributed by atoms with E-state index in [1.165, 1.54) is 30.6 Å². The van der Waals surface area contributed by atoms with Crippen molar-refractivity contribution in [1.82, 2.24) is 4.57 Å². The highest BCUT2D eigenvalue weighted by molar-refractivity contribution is 7.93. The maximum atomic E-state index is 13.3. The number of rotatable bonds is 6. The van der Waals surface area contributed by atoms with E-state index < -0.39 is 16.0 Å². The zero-order valence-electron chi connectivity index (χ0n) is 18.4. The molecule has 2 aromatic heterocycles. The van der Waals surface area contributed by atoms with Gasteiger partial charge in [-0.2, -0.15) is 0 Å². The van der Waals surface area contributed by atoms with Gasteiger partial charge in [0.25, 0.3) is 10.0 Å². The van der Waals surface area contributed by atoms with Crippen molar-refractivity contribution in [3.63, 3.8) is 0 Å². The number of hydrogen-bond donors (Lipinski definition) is 1. The quantitative estimate of drug-likeness (QED) is 0.378. The van der Waals surface area contributed by atoms with Crippen LogP contribution in [0, 0.1) is 0 Å². The summed E-state index contributed by atoms with van der Waals surface area (Å²) in [5, 5.41) is 0.286. The summed E-state index contributed by atoms with van der Waals surface area (Å²) in [6, 6.07) is 14.3. The lowest BCUT2D eigenvalue weighted by molar-refractivity contribution is 0.0601. The maximum absolute atomic E-state index is 13.3. The Labute approximate surface area is 204 Å². The van der Waals surface area contributed by atoms with Crippen LogP contribution >= 0.6 is 22.7 Å². The standard InChI is InChI=1S/C24H22N2O5S3/c1-31-23(27)21-17-9-5-6-10-19(17)32-22(21)25-34(29,30)16-11-12-18-20(13-16)33-24(28)26(18)14-15-7-3-2-4-8-15/h2-4,7-8,11-13,25H,5-6,9-10,14H2,1H3. The first-order valence-electron chi connectivity index (χ1n) is 10.8. The molecule has 0 bridgehead atoms. The van der Waals surface area contributed by atoms with Gasteiger partial charge in [-0.1, -0.05) is 41.7 Å². The summed E-state index contributed by atoms with van der Waals surface area (Å²) >= 11 is 2.31. The van der Waals surface area contributed by atoms with E-state index in [9.17, 15) is 18.0 Å². The molecular formula is C24H22N2O5S3. The summed E-state index contributed by atoms with van der Waals surface area (Å²) in [4.78, 5) is 26.0. The molecule has 0 amide bonds. The first kappa shape index (κ1) is 22.8. The third kappa shape index (κ3) is 4.17. The highest BCUT2D eigenvalue weighted by atomic mass is 32.2. The molecule has 5 rings (SSSR count). The molecule has 0 spiro atoms. The number of nitrogens with zero attached hydrogens (tertiary/aromatic N) is 1. The molecule has 0 fully saturated rings. The lowest BCUT2D eigenvalue weighted by Crippen LogP contribution is -2.16. The van der Waals surface area contributed by atoms with Crippen molar-refractivity contribution in [1.29, 1.82) is 0 Å². The molecule has 4 aromatic rings. The number of nitrogens with one attached hydrogen (secondary N) is 1. The number of carbonyl (C=O) groups excluding carboxylic acids is 1. The molecule has 2 heterocycles. The molecule has 1 N–H and O–H groups in total. The number of benzene rings is 2. The fourth-order valence-electron chi connectivity index (χ4n) is 4.27. The Balaban J connectivity index is 1.50. The Kier molecular flexibility index (Phi) is 6.05. The highest BCUT2D eigenvalue weighted by Crippen LogP contribution is 2.39. The van der Waals surface area contributed by atoms with E-state index in [2.05, 4.69) is 4.72 Å². The van der Waals surface area contributed by atoms with E-state index in [-0.39, 0.29) is 14.8 Å². The number of sulfonamides is 1. The number of carbonyl (C=O) groups is 1. The van der Waals surface area contributed by atoms with Crippen molar-refractivity contribution in [2.75, 3.05) is 11.8 Å². The van der Waals surface area contributed by atoms with Gasteiger partial charge in [-0.05, 0) is 55.0 Å². The summed E-state index contributed by atoms with van der Waals surface area (Å²) in [6.45, 7) is 0.410. The minimum atomic E-state index is -3.98. The molecule has 2 aromatic carbocycles. The number of hydrogen-bond acceptors (Lipinski definition) is 7. The first-order chi connectivity index (χ1) is 16.4. The summed E-state index contributed by atoms with van der Waals surface area (Å²) in [7, 11) is -2.69. The second-order valence-corrected chi connectivity index (χ2v) is 11.9. The molecule has 1 aliphatic carbocycles. The summed E-state index contributed by atoms with van der Waals surface area (Å²) in [6.07, 6.45) is 3.51. The number of methoxy groups -OCH3 is 1. The van der Waals surface area contributed by atoms with E-state index in [0.717, 1.165) is 53.0 Å². The summed E-state index contributed by atoms with van der Waals surface area (Å²) in [5.41, 5.74) is 2.86. The Bertz CT molecular complexity index is 1550. The van der Waals surface area contributed by atoms with Crippen LogP contribution in [0.4, 0.5) is 5.00 Å². The Morgan fingerprint density at radius 2 is 1.85 bits per heavy atom. The number of thiazole rings is 1. The molecule has 0 unspecified atom stereocenters. The van der Waals surface area contributed by atoms with E-state index in [1.54, 1.807) is 10.6 Å². The normalized spacial score (nSPS) is 13.6. The van der Waals surface area contributed by atoms with Gasteiger partial charge >= 0.3 is 10.8 Å². The van der Waals surface area contributed by atoms with E-state index in [1.807, 2.05) is 30.3 Å². The van der Waals surface area contributed by atoms with Crippen LogP contribution < -0.4 is 9.60 Å². The predicted octanol–water partition coefficient (Wildman–Crippen LogP) is 4.64. The topological polar surface area (TPSA) is 94.5 Å². The van der Waals surface area contributed by atoms with Crippen molar-refractivity contribution in [2.24, 2.45) is 0 Å². The minimum Gasteiger partial charge on any atom is -0.465 e. The average molecular weight is 515 g/mol. The molecule has 7 nitrogen and oxygen atoms in total. The highest BCUT2D eigenvalue weighted by Gasteiger charge is 2.29. The smallest absolute Gasteiger partial charge is 0.341 e. The van der Waals surface area contributed by atoms with Gasteiger partial charge in [0.2, 0.25) is 0 Å². The average Bonchev–Trinajstić information content (AvgIpc) is 3.35. The van der Waals surface area contributed by atoms with E-state index in [4.69, 9.17) is 4.74 Å². The van der Waals surface area contributed by atoms with Gasteiger partial charge < -0.3 is 4.74 Å². The van der Waals surface area contributed by atoms with Gasteiger partial charge in [0.05, 0.1) is 34.3 Å². The van der Waals surface area contributed by atoms with Crippen molar-refractivity contribution < 1.29 is 17.9 Å². The second kappa shape index (κ2) is 9.01. The van der Waals surface area contributed by atoms with Crippen LogP contribution in [0.25, 0.3) is 10.2 Å². The van der Waals surface area contributed by atoms with Crippen molar-refractivity contribution in [3.8, 4) is 0 Å². The largest absolute Gasteiger partial charge is 0.465 e. The van der Waals surface area contributed by atoms with Crippen LogP contribution in [0.2, 0.25) is 0 Å². The number of esters is 1. The predicted molar refractivity (Wildman–Crippen MR) is 135 cm³/mol. The maximum Gasteiger partial charge on any atom is 0.341 e. The van der Waals surface area contributed by atoms with Crippen molar-refractivity contribution in [3.05, 3.63) is 79.8 Å². The van der Waals surface area contributed by atoms with Gasteiger partial charge in [-0.25, -0.2) is 13.2 Å². The van der Waals surface area contributed by atoms with Crippen LogP contribution in [-0.2, 0) is 34.1 Å². The monoisotopic (exact) mass is 514 g/mol. The molecule has 1 aliphatic rings. The van der Waals surface area contributed by atoms with Crippen molar-refractivity contribution >= 4 is 53.9 Å². The van der Waals surface area contributed by atoms with Gasteiger partial charge in [0.15, 0.2) is 0 Å². The molecule has 0 atom stereocenters. The fourth-order valence-corrected chi connectivity index (χ4v) is 7.88. The molecule has 0 aliphatic heterocycles. The third-order valence-corrected chi connectivity index (χ3v) is 9.55. The number of fused-ring (bicyclic) bond motifs is 2. The number of anilines is 1. The van der Waals surface area contributed by atoms with Crippen LogP contribution in [0.3, 0.4) is 0 Å². The third-order valence-electron chi connectivity index (χ3n) is 5.92. The van der Waals surface area contributed by atoms with Crippen LogP contribution in [-0.4, -0.2) is 26.1 Å². The number of aromatic nitrogens is 1. The molecule has 0 radical (unpaired) electrons. The molecule has 10 heteroatoms. The van der Waals surface area contributed by atoms with Gasteiger partial charge in [-0.3, -0.25) is 14.1 Å². The molecule has 0 saturated carbocycles. The number of ether oxygens (including phenoxy) is 1. The lowest BCUT2D eigenvalue weighted by Gasteiger charge is -2.12. The first-order valence-corrected chi connectivity index (χ1v) is 13.9. The van der Waals surface area contributed by atoms with Crippen LogP contribution in [0.5, 0.6) is 0 Å². The SMILES string of the molecule is COC(=O)c1c(NS(=O)(=O)c2ccc3c(c2)sc(=O)n3Cc2ccccc2)sc2c1CCCC2. The minimum absolute atomic E-state index is 0.0373. The van der Waals surface area contributed by atoms with Gasteiger partial charge in [0.1, 0.15) is 5.00 Å². The van der Waals surface area contributed by atoms with E-state index in [0.29, 0.717) is 22.3 Å². The summed E-state index contributed by atoms with van der Waals surface area (Å²) < 4.78 is 36.3.